The van der Waals surface area contributed by atoms with E-state index in [9.17, 15) is 9.59 Å². The van der Waals surface area contributed by atoms with Crippen LogP contribution in [0.1, 0.15) is 17.2 Å². The molecule has 0 radical (unpaired) electrons. The van der Waals surface area contributed by atoms with Gasteiger partial charge in [0.1, 0.15) is 0 Å². The number of fused-ring (bicyclic) bond motifs is 2. The highest BCUT2D eigenvalue weighted by Crippen LogP contribution is 2.24. The number of carbonyl (C=O) groups is 2. The third-order valence-electron chi connectivity index (χ3n) is 5.19. The van der Waals surface area contributed by atoms with Crippen molar-refractivity contribution in [1.29, 1.82) is 0 Å². The van der Waals surface area contributed by atoms with Crippen molar-refractivity contribution in [3.05, 3.63) is 59.1 Å². The van der Waals surface area contributed by atoms with Gasteiger partial charge in [-0.05, 0) is 36.2 Å². The maximum Gasteiger partial charge on any atom is 0.321 e. The van der Waals surface area contributed by atoms with Crippen LogP contribution in [0.25, 0.3) is 16.6 Å². The number of imide groups is 1. The number of rotatable bonds is 5. The van der Waals surface area contributed by atoms with Gasteiger partial charge in [0.15, 0.2) is 5.65 Å². The molecule has 5 rings (SSSR count). The predicted molar refractivity (Wildman–Crippen MR) is 113 cm³/mol. The number of hydrogen-bond acceptors (Lipinski definition) is 5. The number of hydrogen-bond donors (Lipinski definition) is 4. The highest BCUT2D eigenvalue weighted by atomic mass is 35.5. The number of H-pyrrole nitrogens is 1. The molecule has 1 unspecified atom stereocenters. The van der Waals surface area contributed by atoms with Crippen molar-refractivity contribution in [2.24, 2.45) is 0 Å². The topological polar surface area (TPSA) is 116 Å². The van der Waals surface area contributed by atoms with Gasteiger partial charge in [-0.25, -0.2) is 14.3 Å². The molecule has 4 heterocycles. The molecular weight excluding hydrogens is 406 g/mol. The molecule has 1 aromatic carbocycles. The number of aromatic nitrogens is 4. The van der Waals surface area contributed by atoms with Crippen LogP contribution in [0.15, 0.2) is 42.9 Å². The number of amides is 3. The van der Waals surface area contributed by atoms with E-state index in [0.29, 0.717) is 22.9 Å². The fourth-order valence-electron chi connectivity index (χ4n) is 3.70. The summed E-state index contributed by atoms with van der Waals surface area (Å²) in [7, 11) is 0. The van der Waals surface area contributed by atoms with Crippen molar-refractivity contribution >= 4 is 45.8 Å². The Bertz CT molecular complexity index is 1280. The molecule has 1 saturated heterocycles. The van der Waals surface area contributed by atoms with Crippen LogP contribution in [0.2, 0.25) is 5.02 Å². The van der Waals surface area contributed by atoms with Gasteiger partial charge < -0.3 is 15.6 Å². The van der Waals surface area contributed by atoms with E-state index in [1.54, 1.807) is 16.9 Å². The van der Waals surface area contributed by atoms with Gasteiger partial charge in [0.2, 0.25) is 5.91 Å². The first-order valence-corrected chi connectivity index (χ1v) is 9.88. The highest BCUT2D eigenvalue weighted by molar-refractivity contribution is 6.31. The van der Waals surface area contributed by atoms with Crippen molar-refractivity contribution in [3.63, 3.8) is 0 Å². The Morgan fingerprint density at radius 1 is 1.27 bits per heavy atom. The van der Waals surface area contributed by atoms with E-state index in [1.165, 1.54) is 0 Å². The Balaban J connectivity index is 1.38. The molecule has 10 heteroatoms. The van der Waals surface area contributed by atoms with Crippen molar-refractivity contribution in [1.82, 2.24) is 30.2 Å². The molecule has 1 fully saturated rings. The van der Waals surface area contributed by atoms with E-state index in [2.05, 4.69) is 31.0 Å². The summed E-state index contributed by atoms with van der Waals surface area (Å²) < 4.78 is 1.63. The lowest BCUT2D eigenvalue weighted by Crippen LogP contribution is -2.51. The SMILES string of the molecule is O=C1NCC(c2cc(NCCc3c[nH]c4ccc(Cl)cc34)c3nccn3n2)C(=O)N1. The molecule has 0 saturated carbocycles. The van der Waals surface area contributed by atoms with Crippen molar-refractivity contribution in [2.45, 2.75) is 12.3 Å². The van der Waals surface area contributed by atoms with Gasteiger partial charge in [-0.3, -0.25) is 10.1 Å². The smallest absolute Gasteiger partial charge is 0.321 e. The molecule has 3 amide bonds. The second-order valence-corrected chi connectivity index (χ2v) is 7.55. The second-order valence-electron chi connectivity index (χ2n) is 7.11. The standard InChI is InChI=1S/C20H18ClN7O2/c21-12-1-2-15-13(7-12)11(9-24-15)3-4-22-17-8-16(27-28-6-5-23-18(17)28)14-10-25-20(30)26-19(14)29/h1-2,5-9,14,22,24H,3-4,10H2,(H2,25,26,29,30). The van der Waals surface area contributed by atoms with Crippen LogP contribution in [0, 0.1) is 0 Å². The summed E-state index contributed by atoms with van der Waals surface area (Å²) >= 11 is 6.14. The van der Waals surface area contributed by atoms with E-state index in [4.69, 9.17) is 11.6 Å². The lowest BCUT2D eigenvalue weighted by Gasteiger charge is -2.22. The summed E-state index contributed by atoms with van der Waals surface area (Å²) in [6.45, 7) is 0.854. The zero-order chi connectivity index (χ0) is 20.7. The van der Waals surface area contributed by atoms with Gasteiger partial charge >= 0.3 is 6.03 Å². The minimum atomic E-state index is -0.564. The third kappa shape index (κ3) is 3.33. The maximum absolute atomic E-state index is 12.2. The molecule has 4 aromatic rings. The van der Waals surface area contributed by atoms with Crippen LogP contribution in [-0.2, 0) is 11.2 Å². The van der Waals surface area contributed by atoms with Crippen molar-refractivity contribution < 1.29 is 9.59 Å². The molecule has 3 aromatic heterocycles. The van der Waals surface area contributed by atoms with E-state index in [1.807, 2.05) is 30.5 Å². The largest absolute Gasteiger partial charge is 0.382 e. The maximum atomic E-state index is 12.2. The molecule has 30 heavy (non-hydrogen) atoms. The first-order valence-electron chi connectivity index (χ1n) is 9.51. The summed E-state index contributed by atoms with van der Waals surface area (Å²) in [5.74, 6) is -0.932. The van der Waals surface area contributed by atoms with Crippen LogP contribution in [0.5, 0.6) is 0 Å². The Labute approximate surface area is 175 Å². The number of nitrogens with one attached hydrogen (secondary N) is 4. The number of carbonyl (C=O) groups excluding carboxylic acids is 2. The number of halogens is 1. The van der Waals surface area contributed by atoms with Crippen LogP contribution in [-0.4, -0.2) is 44.6 Å². The second kappa shape index (κ2) is 7.34. The average Bonchev–Trinajstić information content (AvgIpc) is 3.35. The van der Waals surface area contributed by atoms with E-state index >= 15 is 0 Å². The Hall–Kier alpha value is -3.59. The molecule has 1 atom stereocenters. The van der Waals surface area contributed by atoms with Crippen molar-refractivity contribution in [3.8, 4) is 0 Å². The number of urea groups is 1. The molecule has 1 aliphatic rings. The monoisotopic (exact) mass is 423 g/mol. The molecule has 9 nitrogen and oxygen atoms in total. The van der Waals surface area contributed by atoms with Gasteiger partial charge in [0, 0.05) is 47.6 Å². The van der Waals surface area contributed by atoms with E-state index < -0.39 is 11.9 Å². The van der Waals surface area contributed by atoms with Gasteiger partial charge in [-0.1, -0.05) is 11.6 Å². The molecule has 4 N–H and O–H groups in total. The van der Waals surface area contributed by atoms with Gasteiger partial charge in [0.05, 0.1) is 17.3 Å². The Morgan fingerprint density at radius 2 is 2.17 bits per heavy atom. The van der Waals surface area contributed by atoms with Gasteiger partial charge in [0.25, 0.3) is 0 Å². The first kappa shape index (κ1) is 18.4. The summed E-state index contributed by atoms with van der Waals surface area (Å²) in [6.07, 6.45) is 6.14. The zero-order valence-electron chi connectivity index (χ0n) is 15.8. The molecule has 1 aliphatic heterocycles. The average molecular weight is 424 g/mol. The summed E-state index contributed by atoms with van der Waals surface area (Å²) in [6, 6.07) is 7.11. The molecule has 0 spiro atoms. The minimum absolute atomic E-state index is 0.202. The summed E-state index contributed by atoms with van der Waals surface area (Å²) in [5, 5.41) is 14.6. The quantitative estimate of drug-likeness (QED) is 0.393. The highest BCUT2D eigenvalue weighted by Gasteiger charge is 2.29. The molecule has 0 bridgehead atoms. The Morgan fingerprint density at radius 3 is 3.03 bits per heavy atom. The molecule has 0 aliphatic carbocycles. The van der Waals surface area contributed by atoms with E-state index in [0.717, 1.165) is 28.6 Å². The van der Waals surface area contributed by atoms with Gasteiger partial charge in [-0.2, -0.15) is 5.10 Å². The lowest BCUT2D eigenvalue weighted by atomic mass is 10.0. The van der Waals surface area contributed by atoms with Crippen LogP contribution in [0.3, 0.4) is 0 Å². The fourth-order valence-corrected chi connectivity index (χ4v) is 3.87. The third-order valence-corrected chi connectivity index (χ3v) is 5.43. The summed E-state index contributed by atoms with van der Waals surface area (Å²) in [4.78, 5) is 31.2. The zero-order valence-corrected chi connectivity index (χ0v) is 16.5. The molecular formula is C20H18ClN7O2. The van der Waals surface area contributed by atoms with Gasteiger partial charge in [-0.15, -0.1) is 0 Å². The molecule has 152 valence electrons. The predicted octanol–water partition coefficient (Wildman–Crippen LogP) is 2.44. The van der Waals surface area contributed by atoms with Crippen LogP contribution < -0.4 is 16.0 Å². The normalized spacial score (nSPS) is 16.6. The van der Waals surface area contributed by atoms with Crippen LogP contribution >= 0.6 is 11.6 Å². The number of aromatic amines is 1. The minimum Gasteiger partial charge on any atom is -0.382 e. The number of imidazole rings is 1. The van der Waals surface area contributed by atoms with Crippen LogP contribution in [0.4, 0.5) is 10.5 Å². The summed E-state index contributed by atoms with van der Waals surface area (Å²) in [5.41, 5.74) is 4.19. The first-order chi connectivity index (χ1) is 14.6. The number of benzene rings is 1. The fraction of sp³-hybridized carbons (Fsp3) is 0.200. The van der Waals surface area contributed by atoms with Crippen molar-refractivity contribution in [2.75, 3.05) is 18.4 Å². The lowest BCUT2D eigenvalue weighted by molar-refractivity contribution is -0.122. The Kier molecular flexibility index (Phi) is 4.51. The number of nitrogens with zero attached hydrogens (tertiary/aromatic N) is 3. The van der Waals surface area contributed by atoms with E-state index in [-0.39, 0.29) is 12.5 Å². The number of anilines is 1.